The molecule has 1 heterocycles. The Morgan fingerprint density at radius 3 is 2.81 bits per heavy atom. The summed E-state index contributed by atoms with van der Waals surface area (Å²) in [5.41, 5.74) is 1.40. The van der Waals surface area contributed by atoms with E-state index in [0.717, 1.165) is 15.4 Å². The predicted octanol–water partition coefficient (Wildman–Crippen LogP) is 3.19. The second-order valence-corrected chi connectivity index (χ2v) is 4.55. The van der Waals surface area contributed by atoms with E-state index in [2.05, 4.69) is 20.9 Å². The summed E-state index contributed by atoms with van der Waals surface area (Å²) in [5.74, 6) is -1.43. The third-order valence-electron chi connectivity index (χ3n) is 2.49. The van der Waals surface area contributed by atoms with Gasteiger partial charge in [-0.25, -0.2) is 0 Å². The third-order valence-corrected chi connectivity index (χ3v) is 2.98. The molecule has 0 saturated carbocycles. The van der Waals surface area contributed by atoms with Crippen molar-refractivity contribution in [2.45, 2.75) is 12.8 Å². The van der Waals surface area contributed by atoms with Crippen molar-refractivity contribution in [1.82, 2.24) is 4.98 Å². The first kappa shape index (κ1) is 11.1. The molecule has 1 aromatic heterocycles. The number of nitrogens with zero attached hydrogens (tertiary/aromatic N) is 1. The number of carbonyl (C=O) groups is 1. The number of fused-ring (bicyclic) bond motifs is 1. The number of halogens is 1. The summed E-state index contributed by atoms with van der Waals surface area (Å²) in [6.45, 7) is 1.63. The second-order valence-electron chi connectivity index (χ2n) is 3.63. The molecule has 2 aromatic rings. The van der Waals surface area contributed by atoms with Crippen LogP contribution in [0.2, 0.25) is 0 Å². The first-order valence-corrected chi connectivity index (χ1v) is 5.66. The van der Waals surface area contributed by atoms with Crippen LogP contribution in [0.1, 0.15) is 18.5 Å². The normalized spacial score (nSPS) is 12.6. The van der Waals surface area contributed by atoms with Gasteiger partial charge in [-0.1, -0.05) is 22.0 Å². The van der Waals surface area contributed by atoms with Gasteiger partial charge < -0.3 is 5.11 Å². The largest absolute Gasteiger partial charge is 0.481 e. The molecule has 1 unspecified atom stereocenters. The molecule has 0 radical (unpaired) electrons. The number of carboxylic acid groups (broad SMARTS) is 1. The Labute approximate surface area is 101 Å². The van der Waals surface area contributed by atoms with E-state index in [4.69, 9.17) is 5.11 Å². The van der Waals surface area contributed by atoms with Crippen molar-refractivity contribution >= 4 is 32.8 Å². The van der Waals surface area contributed by atoms with Gasteiger partial charge in [-0.05, 0) is 31.2 Å². The van der Waals surface area contributed by atoms with Gasteiger partial charge in [0.15, 0.2) is 0 Å². The molecule has 2 rings (SSSR count). The number of benzene rings is 1. The molecule has 4 heteroatoms. The van der Waals surface area contributed by atoms with Gasteiger partial charge in [0.2, 0.25) is 0 Å². The van der Waals surface area contributed by atoms with Crippen molar-refractivity contribution in [1.29, 1.82) is 0 Å². The highest BCUT2D eigenvalue weighted by Crippen LogP contribution is 2.21. The summed E-state index contributed by atoms with van der Waals surface area (Å²) < 4.78 is 0.987. The van der Waals surface area contributed by atoms with E-state index < -0.39 is 11.9 Å². The molecule has 0 amide bonds. The highest BCUT2D eigenvalue weighted by atomic mass is 79.9. The van der Waals surface area contributed by atoms with E-state index in [0.29, 0.717) is 5.69 Å². The van der Waals surface area contributed by atoms with Crippen LogP contribution in [0.5, 0.6) is 0 Å². The van der Waals surface area contributed by atoms with Gasteiger partial charge >= 0.3 is 5.97 Å². The number of hydrogen-bond donors (Lipinski definition) is 1. The highest BCUT2D eigenvalue weighted by Gasteiger charge is 2.15. The maximum absolute atomic E-state index is 10.8. The van der Waals surface area contributed by atoms with Gasteiger partial charge in [0.25, 0.3) is 0 Å². The Bertz CT molecular complexity index is 554. The van der Waals surface area contributed by atoms with E-state index in [9.17, 15) is 4.79 Å². The average Bonchev–Trinajstić information content (AvgIpc) is 2.27. The lowest BCUT2D eigenvalue weighted by Crippen LogP contribution is -2.09. The molecule has 0 spiro atoms. The standard InChI is InChI=1S/C12H10BrNO2/c1-7(12(15)16)10-4-2-8-6-9(13)3-5-11(8)14-10/h2-7H,1H3,(H,15,16). The number of aromatic nitrogens is 1. The van der Waals surface area contributed by atoms with Crippen LogP contribution in [-0.4, -0.2) is 16.1 Å². The zero-order valence-electron chi connectivity index (χ0n) is 8.64. The van der Waals surface area contributed by atoms with Crippen LogP contribution in [-0.2, 0) is 4.79 Å². The third kappa shape index (κ3) is 2.07. The fourth-order valence-electron chi connectivity index (χ4n) is 1.48. The lowest BCUT2D eigenvalue weighted by molar-refractivity contribution is -0.138. The van der Waals surface area contributed by atoms with Crippen LogP contribution < -0.4 is 0 Å². The molecule has 0 fully saturated rings. The average molecular weight is 280 g/mol. The maximum atomic E-state index is 10.8. The minimum absolute atomic E-state index is 0.576. The van der Waals surface area contributed by atoms with E-state index in [1.165, 1.54) is 0 Å². The molecular formula is C12H10BrNO2. The van der Waals surface area contributed by atoms with Gasteiger partial charge in [-0.15, -0.1) is 0 Å². The van der Waals surface area contributed by atoms with E-state index >= 15 is 0 Å². The lowest BCUT2D eigenvalue weighted by Gasteiger charge is -2.06. The topological polar surface area (TPSA) is 50.2 Å². The summed E-state index contributed by atoms with van der Waals surface area (Å²) in [6.07, 6.45) is 0. The van der Waals surface area contributed by atoms with Crippen LogP contribution in [0, 0.1) is 0 Å². The van der Waals surface area contributed by atoms with Crippen LogP contribution in [0.25, 0.3) is 10.9 Å². The smallest absolute Gasteiger partial charge is 0.312 e. The Kier molecular flexibility index (Phi) is 2.92. The van der Waals surface area contributed by atoms with Gasteiger partial charge in [0.1, 0.15) is 0 Å². The Hall–Kier alpha value is -1.42. The Morgan fingerprint density at radius 2 is 2.12 bits per heavy atom. The SMILES string of the molecule is CC(C(=O)O)c1ccc2cc(Br)ccc2n1. The van der Waals surface area contributed by atoms with Crippen LogP contribution in [0.15, 0.2) is 34.8 Å². The summed E-state index contributed by atoms with van der Waals surface area (Å²) in [7, 11) is 0. The molecule has 16 heavy (non-hydrogen) atoms. The Balaban J connectivity index is 2.52. The zero-order valence-corrected chi connectivity index (χ0v) is 10.2. The minimum atomic E-state index is -0.857. The summed E-state index contributed by atoms with van der Waals surface area (Å²) in [6, 6.07) is 9.37. The van der Waals surface area contributed by atoms with Crippen molar-refractivity contribution in [2.75, 3.05) is 0 Å². The molecule has 0 bridgehead atoms. The molecule has 1 aromatic carbocycles. The number of rotatable bonds is 2. The highest BCUT2D eigenvalue weighted by molar-refractivity contribution is 9.10. The van der Waals surface area contributed by atoms with Crippen LogP contribution in [0.3, 0.4) is 0 Å². The van der Waals surface area contributed by atoms with Crippen molar-refractivity contribution in [2.24, 2.45) is 0 Å². The van der Waals surface area contributed by atoms with Gasteiger partial charge in [-0.2, -0.15) is 0 Å². The lowest BCUT2D eigenvalue weighted by atomic mass is 10.1. The van der Waals surface area contributed by atoms with Crippen molar-refractivity contribution in [3.63, 3.8) is 0 Å². The first-order valence-electron chi connectivity index (χ1n) is 4.87. The molecule has 3 nitrogen and oxygen atoms in total. The number of carboxylic acids is 1. The van der Waals surface area contributed by atoms with Crippen LogP contribution >= 0.6 is 15.9 Å². The van der Waals surface area contributed by atoms with E-state index in [1.54, 1.807) is 13.0 Å². The molecule has 82 valence electrons. The molecule has 0 saturated heterocycles. The number of aliphatic carboxylic acids is 1. The first-order chi connectivity index (χ1) is 7.58. The number of hydrogen-bond acceptors (Lipinski definition) is 2. The maximum Gasteiger partial charge on any atom is 0.312 e. The monoisotopic (exact) mass is 279 g/mol. The fraction of sp³-hybridized carbons (Fsp3) is 0.167. The molecule has 1 atom stereocenters. The van der Waals surface area contributed by atoms with Gasteiger partial charge in [-0.3, -0.25) is 9.78 Å². The molecule has 0 aliphatic rings. The summed E-state index contributed by atoms with van der Waals surface area (Å²) >= 11 is 3.38. The van der Waals surface area contributed by atoms with Gasteiger partial charge in [0, 0.05) is 9.86 Å². The second kappa shape index (κ2) is 4.22. The van der Waals surface area contributed by atoms with Gasteiger partial charge in [0.05, 0.1) is 17.1 Å². The van der Waals surface area contributed by atoms with Crippen molar-refractivity contribution in [3.05, 3.63) is 40.5 Å². The number of pyridine rings is 1. The summed E-state index contributed by atoms with van der Waals surface area (Å²) in [4.78, 5) is 15.2. The molecule has 0 aliphatic carbocycles. The zero-order chi connectivity index (χ0) is 11.7. The van der Waals surface area contributed by atoms with E-state index in [1.807, 2.05) is 24.3 Å². The van der Waals surface area contributed by atoms with E-state index in [-0.39, 0.29) is 0 Å². The van der Waals surface area contributed by atoms with Crippen molar-refractivity contribution in [3.8, 4) is 0 Å². The quantitative estimate of drug-likeness (QED) is 0.919. The Morgan fingerprint density at radius 1 is 1.38 bits per heavy atom. The van der Waals surface area contributed by atoms with Crippen molar-refractivity contribution < 1.29 is 9.90 Å². The van der Waals surface area contributed by atoms with Crippen LogP contribution in [0.4, 0.5) is 0 Å². The minimum Gasteiger partial charge on any atom is -0.481 e. The fourth-order valence-corrected chi connectivity index (χ4v) is 1.86. The predicted molar refractivity (Wildman–Crippen MR) is 65.5 cm³/mol. The molecule has 1 N–H and O–H groups in total. The molecular weight excluding hydrogens is 270 g/mol. The summed E-state index contributed by atoms with van der Waals surface area (Å²) in [5, 5.41) is 9.90. The molecule has 0 aliphatic heterocycles.